The van der Waals surface area contributed by atoms with Gasteiger partial charge >= 0.3 is 43.7 Å². The van der Waals surface area contributed by atoms with Gasteiger partial charge in [-0.2, -0.15) is 0 Å². The van der Waals surface area contributed by atoms with Crippen molar-refractivity contribution in [3.8, 4) is 0 Å². The molecule has 1 unspecified atom stereocenters. The number of hydrogen-bond acceptors (Lipinski definition) is 2. The van der Waals surface area contributed by atoms with Crippen molar-refractivity contribution in [3.05, 3.63) is 0 Å². The molecule has 1 aliphatic heterocycles. The molecular formula is C5H11CaNO2. The molecule has 0 aliphatic carbocycles. The predicted molar refractivity (Wildman–Crippen MR) is 36.6 cm³/mol. The molecule has 0 saturated carbocycles. The van der Waals surface area contributed by atoms with E-state index in [0.717, 1.165) is 19.4 Å². The molecule has 0 spiro atoms. The molecule has 1 saturated heterocycles. The number of aliphatic carboxylic acids is 1. The first-order valence-corrected chi connectivity index (χ1v) is 2.77. The van der Waals surface area contributed by atoms with Crippen LogP contribution >= 0.6 is 0 Å². The second kappa shape index (κ2) is 4.50. The van der Waals surface area contributed by atoms with Gasteiger partial charge in [-0.15, -0.1) is 0 Å². The minimum Gasteiger partial charge on any atom is -1.00 e. The third-order valence-corrected chi connectivity index (χ3v) is 1.36. The maximum Gasteiger partial charge on any atom is 2.00 e. The Bertz CT molecular complexity index is 109. The summed E-state index contributed by atoms with van der Waals surface area (Å²) >= 11 is 0. The first-order valence-electron chi connectivity index (χ1n) is 2.77. The van der Waals surface area contributed by atoms with E-state index in [-0.39, 0.29) is 46.6 Å². The maximum absolute atomic E-state index is 10.1. The van der Waals surface area contributed by atoms with Crippen molar-refractivity contribution in [3.63, 3.8) is 0 Å². The van der Waals surface area contributed by atoms with Gasteiger partial charge in [0.1, 0.15) is 6.04 Å². The van der Waals surface area contributed by atoms with E-state index in [0.29, 0.717) is 0 Å². The molecule has 0 amide bonds. The van der Waals surface area contributed by atoms with Crippen molar-refractivity contribution in [1.29, 1.82) is 0 Å². The van der Waals surface area contributed by atoms with Crippen LogP contribution in [0.2, 0.25) is 0 Å². The maximum atomic E-state index is 10.1. The summed E-state index contributed by atoms with van der Waals surface area (Å²) in [6, 6.07) is -0.269. The first kappa shape index (κ1) is 9.69. The van der Waals surface area contributed by atoms with Gasteiger partial charge in [-0.25, -0.2) is 0 Å². The molecule has 4 heteroatoms. The van der Waals surface area contributed by atoms with Crippen LogP contribution in [0.5, 0.6) is 0 Å². The Hall–Kier alpha value is 0.690. The standard InChI is InChI=1S/C5H9NO2.Ca.2H/c7-5(8)4-2-1-3-6-4;;;/h4,6H,1-3H2,(H,7,8);;;/q;+2;2*-1. The van der Waals surface area contributed by atoms with Gasteiger partial charge in [-0.3, -0.25) is 4.79 Å². The van der Waals surface area contributed by atoms with Gasteiger partial charge in [0.05, 0.1) is 0 Å². The zero-order valence-corrected chi connectivity index (χ0v) is 7.47. The molecule has 1 aliphatic rings. The van der Waals surface area contributed by atoms with Crippen molar-refractivity contribution in [1.82, 2.24) is 5.32 Å². The van der Waals surface area contributed by atoms with Crippen LogP contribution in [0.1, 0.15) is 15.7 Å². The minimum absolute atomic E-state index is 0. The van der Waals surface area contributed by atoms with Crippen molar-refractivity contribution >= 4 is 43.7 Å². The van der Waals surface area contributed by atoms with E-state index < -0.39 is 5.97 Å². The molecule has 1 heterocycles. The zero-order chi connectivity index (χ0) is 5.98. The number of rotatable bonds is 1. The van der Waals surface area contributed by atoms with E-state index in [1.54, 1.807) is 0 Å². The van der Waals surface area contributed by atoms with E-state index in [1.807, 2.05) is 0 Å². The molecule has 50 valence electrons. The minimum atomic E-state index is -0.720. The van der Waals surface area contributed by atoms with E-state index in [2.05, 4.69) is 5.32 Å². The summed E-state index contributed by atoms with van der Waals surface area (Å²) in [4.78, 5) is 10.1. The van der Waals surface area contributed by atoms with Crippen LogP contribution in [-0.2, 0) is 4.79 Å². The van der Waals surface area contributed by atoms with Crippen molar-refractivity contribution in [2.45, 2.75) is 18.9 Å². The fourth-order valence-electron chi connectivity index (χ4n) is 0.895. The van der Waals surface area contributed by atoms with Gasteiger partial charge in [-0.05, 0) is 19.4 Å². The number of nitrogens with one attached hydrogen (secondary N) is 1. The van der Waals surface area contributed by atoms with E-state index in [4.69, 9.17) is 5.11 Å². The molecule has 1 fully saturated rings. The van der Waals surface area contributed by atoms with E-state index in [1.165, 1.54) is 0 Å². The topological polar surface area (TPSA) is 49.3 Å². The van der Waals surface area contributed by atoms with Crippen LogP contribution in [0.15, 0.2) is 0 Å². The second-order valence-corrected chi connectivity index (χ2v) is 1.99. The summed E-state index contributed by atoms with van der Waals surface area (Å²) in [5, 5.41) is 11.2. The summed E-state index contributed by atoms with van der Waals surface area (Å²) in [5.74, 6) is -0.720. The molecule has 0 aromatic carbocycles. The van der Waals surface area contributed by atoms with E-state index >= 15 is 0 Å². The van der Waals surface area contributed by atoms with Crippen LogP contribution in [0, 0.1) is 0 Å². The molecule has 1 atom stereocenters. The Balaban J connectivity index is -0.000000213. The monoisotopic (exact) mass is 157 g/mol. The van der Waals surface area contributed by atoms with Gasteiger partial charge in [0.15, 0.2) is 0 Å². The number of carbonyl (C=O) groups is 1. The summed E-state index contributed by atoms with van der Waals surface area (Å²) in [7, 11) is 0. The molecule has 1 rings (SSSR count). The molecule has 0 aromatic rings. The molecule has 3 nitrogen and oxygen atoms in total. The molecule has 0 bridgehead atoms. The van der Waals surface area contributed by atoms with Crippen LogP contribution in [0.4, 0.5) is 0 Å². The summed E-state index contributed by atoms with van der Waals surface area (Å²) in [6.45, 7) is 0.858. The summed E-state index contributed by atoms with van der Waals surface area (Å²) < 4.78 is 0. The average Bonchev–Trinajstić information content (AvgIpc) is 2.12. The van der Waals surface area contributed by atoms with Crippen molar-refractivity contribution in [2.24, 2.45) is 0 Å². The van der Waals surface area contributed by atoms with Crippen LogP contribution in [-0.4, -0.2) is 61.4 Å². The van der Waals surface area contributed by atoms with Gasteiger partial charge in [0, 0.05) is 0 Å². The first-order chi connectivity index (χ1) is 3.80. The van der Waals surface area contributed by atoms with Crippen LogP contribution < -0.4 is 5.32 Å². The number of carboxylic acids is 1. The predicted octanol–water partition coefficient (Wildman–Crippen LogP) is -0.333. The Morgan fingerprint density at radius 3 is 2.67 bits per heavy atom. The molecule has 0 aromatic heterocycles. The largest absolute Gasteiger partial charge is 2.00 e. The Morgan fingerprint density at radius 1 is 1.78 bits per heavy atom. The fraction of sp³-hybridized carbons (Fsp3) is 0.800. The van der Waals surface area contributed by atoms with Crippen LogP contribution in [0.25, 0.3) is 0 Å². The SMILES string of the molecule is O=C(O)C1CCCN1.[Ca+2].[H-].[H-]. The third-order valence-electron chi connectivity index (χ3n) is 1.36. The van der Waals surface area contributed by atoms with Crippen LogP contribution in [0.3, 0.4) is 0 Å². The molecule has 0 radical (unpaired) electrons. The third kappa shape index (κ3) is 2.85. The molecule has 9 heavy (non-hydrogen) atoms. The average molecular weight is 157 g/mol. The summed E-state index contributed by atoms with van der Waals surface area (Å²) in [5.41, 5.74) is 0. The zero-order valence-electron chi connectivity index (χ0n) is 7.26. The fourth-order valence-corrected chi connectivity index (χ4v) is 0.895. The second-order valence-electron chi connectivity index (χ2n) is 1.99. The van der Waals surface area contributed by atoms with Gasteiger partial charge in [0.25, 0.3) is 0 Å². The summed E-state index contributed by atoms with van der Waals surface area (Å²) in [6.07, 6.45) is 1.78. The van der Waals surface area contributed by atoms with Crippen molar-refractivity contribution < 1.29 is 12.8 Å². The Kier molecular flexibility index (Phi) is 4.84. The number of hydrogen-bond donors (Lipinski definition) is 2. The Morgan fingerprint density at radius 2 is 2.44 bits per heavy atom. The van der Waals surface area contributed by atoms with Crippen molar-refractivity contribution in [2.75, 3.05) is 6.54 Å². The molecular weight excluding hydrogens is 146 g/mol. The Labute approximate surface area is 86.8 Å². The van der Waals surface area contributed by atoms with E-state index in [9.17, 15) is 4.79 Å². The number of carboxylic acid groups (broad SMARTS) is 1. The smallest absolute Gasteiger partial charge is 1.00 e. The van der Waals surface area contributed by atoms with Gasteiger partial charge in [-0.1, -0.05) is 0 Å². The van der Waals surface area contributed by atoms with Gasteiger partial charge < -0.3 is 13.3 Å². The van der Waals surface area contributed by atoms with Gasteiger partial charge in [0.2, 0.25) is 0 Å². The molecule has 2 N–H and O–H groups in total. The normalized spacial score (nSPS) is 25.1. The quantitative estimate of drug-likeness (QED) is 0.512.